The molecule has 0 heterocycles. The van der Waals surface area contributed by atoms with Gasteiger partial charge in [-0.05, 0) is 19.3 Å². The van der Waals surface area contributed by atoms with E-state index in [1.807, 2.05) is 0 Å². The molecule has 0 saturated heterocycles. The highest BCUT2D eigenvalue weighted by molar-refractivity contribution is 5.06. The first-order valence-corrected chi connectivity index (χ1v) is 3.47. The summed E-state index contributed by atoms with van der Waals surface area (Å²) in [6.45, 7) is 0. The molecule has 0 aromatic heterocycles. The SMILES string of the molecule is C1=CCC/C=C\C=C\C1. The third kappa shape index (κ3) is 2.91. The Balaban J connectivity index is 2.43. The van der Waals surface area contributed by atoms with Crippen molar-refractivity contribution < 1.29 is 0 Å². The van der Waals surface area contributed by atoms with Gasteiger partial charge in [-0.1, -0.05) is 36.5 Å². The molecule has 48 valence electrons. The van der Waals surface area contributed by atoms with Crippen molar-refractivity contribution in [2.24, 2.45) is 0 Å². The monoisotopic (exact) mass is 120 g/mol. The summed E-state index contributed by atoms with van der Waals surface area (Å²) in [5, 5.41) is 0. The van der Waals surface area contributed by atoms with Crippen molar-refractivity contribution in [1.29, 1.82) is 0 Å². The molecule has 1 aliphatic carbocycles. The third-order valence-electron chi connectivity index (χ3n) is 1.32. The second-order valence-corrected chi connectivity index (χ2v) is 2.14. The lowest BCUT2D eigenvalue weighted by atomic mass is 10.3. The zero-order chi connectivity index (χ0) is 6.36. The van der Waals surface area contributed by atoms with E-state index in [-0.39, 0.29) is 0 Å². The summed E-state index contributed by atoms with van der Waals surface area (Å²) in [5.41, 5.74) is 0. The topological polar surface area (TPSA) is 0 Å². The van der Waals surface area contributed by atoms with E-state index >= 15 is 0 Å². The molecule has 9 heavy (non-hydrogen) atoms. The van der Waals surface area contributed by atoms with Gasteiger partial charge in [0.15, 0.2) is 0 Å². The summed E-state index contributed by atoms with van der Waals surface area (Å²) >= 11 is 0. The molecule has 0 unspecified atom stereocenters. The Morgan fingerprint density at radius 3 is 2.44 bits per heavy atom. The van der Waals surface area contributed by atoms with Gasteiger partial charge in [0, 0.05) is 0 Å². The minimum atomic E-state index is 1.09. The number of rotatable bonds is 0. The Kier molecular flexibility index (Phi) is 2.91. The lowest BCUT2D eigenvalue weighted by Gasteiger charge is -1.81. The van der Waals surface area contributed by atoms with Crippen molar-refractivity contribution in [1.82, 2.24) is 0 Å². The maximum Gasteiger partial charge on any atom is -0.0166 e. The smallest absolute Gasteiger partial charge is 0.0166 e. The van der Waals surface area contributed by atoms with Crippen LogP contribution in [-0.4, -0.2) is 0 Å². The fraction of sp³-hybridized carbons (Fsp3) is 0.333. The molecule has 0 fully saturated rings. The van der Waals surface area contributed by atoms with E-state index in [9.17, 15) is 0 Å². The van der Waals surface area contributed by atoms with Crippen LogP contribution < -0.4 is 0 Å². The fourth-order valence-corrected chi connectivity index (χ4v) is 0.817. The van der Waals surface area contributed by atoms with E-state index in [0.717, 1.165) is 6.42 Å². The molecule has 0 amide bonds. The zero-order valence-corrected chi connectivity index (χ0v) is 5.59. The molecule has 0 saturated carbocycles. The first-order valence-electron chi connectivity index (χ1n) is 3.47. The van der Waals surface area contributed by atoms with Gasteiger partial charge in [0.1, 0.15) is 0 Å². The minimum Gasteiger partial charge on any atom is -0.0879 e. The highest BCUT2D eigenvalue weighted by Gasteiger charge is 1.77. The molecule has 0 aromatic carbocycles. The van der Waals surface area contributed by atoms with Gasteiger partial charge in [0.2, 0.25) is 0 Å². The predicted octanol–water partition coefficient (Wildman–Crippen LogP) is 2.84. The predicted molar refractivity (Wildman–Crippen MR) is 41.3 cm³/mol. The number of allylic oxidation sites excluding steroid dienone is 6. The Bertz CT molecular complexity index is 138. The van der Waals surface area contributed by atoms with E-state index in [0.29, 0.717) is 0 Å². The summed E-state index contributed by atoms with van der Waals surface area (Å²) in [6, 6.07) is 0. The van der Waals surface area contributed by atoms with E-state index in [1.165, 1.54) is 12.8 Å². The van der Waals surface area contributed by atoms with Gasteiger partial charge in [0.25, 0.3) is 0 Å². The van der Waals surface area contributed by atoms with E-state index in [2.05, 4.69) is 36.5 Å². The van der Waals surface area contributed by atoms with Gasteiger partial charge in [0.05, 0.1) is 0 Å². The van der Waals surface area contributed by atoms with E-state index < -0.39 is 0 Å². The summed E-state index contributed by atoms with van der Waals surface area (Å²) in [4.78, 5) is 0. The summed E-state index contributed by atoms with van der Waals surface area (Å²) < 4.78 is 0. The molecule has 0 N–H and O–H groups in total. The molecule has 1 aliphatic rings. The van der Waals surface area contributed by atoms with Crippen molar-refractivity contribution in [3.8, 4) is 0 Å². The molecular formula is C9H12. The van der Waals surface area contributed by atoms with Crippen LogP contribution in [0.5, 0.6) is 0 Å². The third-order valence-corrected chi connectivity index (χ3v) is 1.32. The van der Waals surface area contributed by atoms with Crippen molar-refractivity contribution in [3.63, 3.8) is 0 Å². The Hall–Kier alpha value is -0.780. The Labute approximate surface area is 56.6 Å². The molecule has 0 nitrogen and oxygen atoms in total. The van der Waals surface area contributed by atoms with Gasteiger partial charge in [-0.15, -0.1) is 0 Å². The van der Waals surface area contributed by atoms with Crippen molar-refractivity contribution in [2.75, 3.05) is 0 Å². The van der Waals surface area contributed by atoms with Gasteiger partial charge >= 0.3 is 0 Å². The number of hydrogen-bond donors (Lipinski definition) is 0. The van der Waals surface area contributed by atoms with Gasteiger partial charge in [-0.25, -0.2) is 0 Å². The van der Waals surface area contributed by atoms with Crippen LogP contribution >= 0.6 is 0 Å². The quantitative estimate of drug-likeness (QED) is 0.431. The largest absolute Gasteiger partial charge is 0.0879 e. The molecule has 0 aliphatic heterocycles. The maximum atomic E-state index is 2.24. The summed E-state index contributed by atoms with van der Waals surface area (Å²) in [7, 11) is 0. The Morgan fingerprint density at radius 2 is 1.44 bits per heavy atom. The first-order chi connectivity index (χ1) is 4.50. The zero-order valence-electron chi connectivity index (χ0n) is 5.59. The van der Waals surface area contributed by atoms with Crippen LogP contribution in [0.1, 0.15) is 19.3 Å². The van der Waals surface area contributed by atoms with Crippen LogP contribution in [0.4, 0.5) is 0 Å². The highest BCUT2D eigenvalue weighted by Crippen LogP contribution is 1.98. The minimum absolute atomic E-state index is 1.09. The van der Waals surface area contributed by atoms with E-state index in [4.69, 9.17) is 0 Å². The van der Waals surface area contributed by atoms with Crippen LogP contribution in [-0.2, 0) is 0 Å². The van der Waals surface area contributed by atoms with Crippen LogP contribution in [0.15, 0.2) is 36.5 Å². The van der Waals surface area contributed by atoms with Gasteiger partial charge in [-0.3, -0.25) is 0 Å². The second kappa shape index (κ2) is 4.13. The van der Waals surface area contributed by atoms with Gasteiger partial charge in [-0.2, -0.15) is 0 Å². The average molecular weight is 120 g/mol. The fourth-order valence-electron chi connectivity index (χ4n) is 0.817. The molecule has 0 atom stereocenters. The molecular weight excluding hydrogens is 108 g/mol. The molecule has 0 aromatic rings. The van der Waals surface area contributed by atoms with E-state index in [1.54, 1.807) is 0 Å². The van der Waals surface area contributed by atoms with Gasteiger partial charge < -0.3 is 0 Å². The summed E-state index contributed by atoms with van der Waals surface area (Å²) in [5.74, 6) is 0. The highest BCUT2D eigenvalue weighted by atomic mass is 13.8. The van der Waals surface area contributed by atoms with Crippen molar-refractivity contribution in [3.05, 3.63) is 36.5 Å². The molecule has 0 radical (unpaired) electrons. The first kappa shape index (κ1) is 6.34. The molecule has 0 spiro atoms. The molecule has 1 rings (SSSR count). The average Bonchev–Trinajstić information content (AvgIpc) is 2.00. The number of hydrogen-bond acceptors (Lipinski definition) is 0. The van der Waals surface area contributed by atoms with Crippen LogP contribution in [0.25, 0.3) is 0 Å². The lowest BCUT2D eigenvalue weighted by Crippen LogP contribution is -1.61. The molecule has 0 heteroatoms. The van der Waals surface area contributed by atoms with Crippen LogP contribution in [0.2, 0.25) is 0 Å². The summed E-state index contributed by atoms with van der Waals surface area (Å²) in [6.07, 6.45) is 16.5. The Morgan fingerprint density at radius 1 is 0.667 bits per heavy atom. The maximum absolute atomic E-state index is 2.24. The second-order valence-electron chi connectivity index (χ2n) is 2.14. The van der Waals surface area contributed by atoms with Crippen molar-refractivity contribution in [2.45, 2.75) is 19.3 Å². The van der Waals surface area contributed by atoms with Crippen LogP contribution in [0, 0.1) is 0 Å². The standard InChI is InChI=1S/C9H12/c1-2-4-6-8-9-7-5-3-1/h1-4,7,9H,5-6,8H2/b3-1+,4-2-,9-7?. The van der Waals surface area contributed by atoms with Crippen LogP contribution in [0.3, 0.4) is 0 Å². The normalized spacial score (nSPS) is 25.8. The van der Waals surface area contributed by atoms with Crippen molar-refractivity contribution >= 4 is 0 Å². The lowest BCUT2D eigenvalue weighted by molar-refractivity contribution is 1.05. The molecule has 0 bridgehead atoms.